The summed E-state index contributed by atoms with van der Waals surface area (Å²) in [7, 11) is 0. The molecule has 0 radical (unpaired) electrons. The Bertz CT molecular complexity index is 853. The molecule has 4 rings (SSSR count). The quantitative estimate of drug-likeness (QED) is 0.743. The van der Waals surface area contributed by atoms with Crippen molar-refractivity contribution < 1.29 is 9.47 Å². The van der Waals surface area contributed by atoms with Gasteiger partial charge in [-0.25, -0.2) is 0 Å². The molecule has 0 aromatic heterocycles. The average molecular weight is 379 g/mol. The van der Waals surface area contributed by atoms with Crippen molar-refractivity contribution in [1.82, 2.24) is 4.90 Å². The molecule has 2 aromatic rings. The van der Waals surface area contributed by atoms with Gasteiger partial charge in [0.05, 0.1) is 12.6 Å². The summed E-state index contributed by atoms with van der Waals surface area (Å²) >= 11 is 0. The summed E-state index contributed by atoms with van der Waals surface area (Å²) in [6.45, 7) is 12.1. The van der Waals surface area contributed by atoms with Gasteiger partial charge in [0.15, 0.2) is 0 Å². The Kier molecular flexibility index (Phi) is 4.62. The van der Waals surface area contributed by atoms with Gasteiger partial charge in [-0.15, -0.1) is 0 Å². The van der Waals surface area contributed by atoms with Crippen LogP contribution in [0.1, 0.15) is 40.2 Å². The Hall–Kier alpha value is -2.46. The van der Waals surface area contributed by atoms with Crippen molar-refractivity contribution >= 4 is 11.4 Å². The van der Waals surface area contributed by atoms with E-state index in [4.69, 9.17) is 9.47 Å². The van der Waals surface area contributed by atoms with E-state index in [2.05, 4.69) is 105 Å². The van der Waals surface area contributed by atoms with Crippen molar-refractivity contribution in [1.29, 1.82) is 0 Å². The first-order valence-electron chi connectivity index (χ1n) is 10.0. The molecule has 0 saturated carbocycles. The maximum atomic E-state index is 6.63. The summed E-state index contributed by atoms with van der Waals surface area (Å²) in [5.74, 6) is 0.890. The van der Waals surface area contributed by atoms with Crippen LogP contribution in [-0.4, -0.2) is 35.4 Å². The zero-order valence-electron chi connectivity index (χ0n) is 17.5. The molecular weight excluding hydrogens is 348 g/mol. The van der Waals surface area contributed by atoms with Crippen molar-refractivity contribution in [3.05, 3.63) is 72.1 Å². The maximum Gasteiger partial charge on any atom is 0.217 e. The highest BCUT2D eigenvalue weighted by molar-refractivity contribution is 5.81. The molecule has 2 aliphatic rings. The van der Waals surface area contributed by atoms with E-state index < -0.39 is 5.72 Å². The van der Waals surface area contributed by atoms with E-state index in [9.17, 15) is 0 Å². The molecule has 1 saturated heterocycles. The third-order valence-corrected chi connectivity index (χ3v) is 5.18. The molecule has 0 N–H and O–H groups in total. The summed E-state index contributed by atoms with van der Waals surface area (Å²) in [5, 5.41) is 0. The lowest BCUT2D eigenvalue weighted by atomic mass is 10.0. The van der Waals surface area contributed by atoms with E-state index >= 15 is 0 Å². The van der Waals surface area contributed by atoms with Crippen molar-refractivity contribution in [2.24, 2.45) is 0 Å². The van der Waals surface area contributed by atoms with Gasteiger partial charge in [-0.3, -0.25) is 0 Å². The zero-order chi connectivity index (χ0) is 19.9. The molecule has 2 aromatic carbocycles. The number of hydrogen-bond donors (Lipinski definition) is 0. The second-order valence-corrected chi connectivity index (χ2v) is 8.96. The van der Waals surface area contributed by atoms with Crippen LogP contribution in [-0.2, 0) is 9.47 Å². The summed E-state index contributed by atoms with van der Waals surface area (Å²) in [6, 6.07) is 21.3. The third-order valence-electron chi connectivity index (χ3n) is 5.18. The van der Waals surface area contributed by atoms with Gasteiger partial charge in [0.2, 0.25) is 5.88 Å². The smallest absolute Gasteiger partial charge is 0.217 e. The average Bonchev–Trinajstić information content (AvgIpc) is 2.96. The minimum Gasteiger partial charge on any atom is -0.472 e. The Morgan fingerprint density at radius 1 is 0.964 bits per heavy atom. The van der Waals surface area contributed by atoms with Crippen molar-refractivity contribution in [2.45, 2.75) is 52.0 Å². The number of ether oxygens (including phenoxy) is 2. The van der Waals surface area contributed by atoms with E-state index in [1.54, 1.807) is 0 Å². The van der Waals surface area contributed by atoms with Gasteiger partial charge in [-0.2, -0.15) is 0 Å². The SMILES string of the molecule is CC(C)(C)OC1=C(c2ccccc2)N(c2ccccc2)CC2COC(C)(C)N12. The first kappa shape index (κ1) is 18.9. The molecule has 148 valence electrons. The number of fused-ring (bicyclic) bond motifs is 1. The molecule has 1 fully saturated rings. The molecule has 0 spiro atoms. The van der Waals surface area contributed by atoms with Gasteiger partial charge in [-0.1, -0.05) is 48.5 Å². The normalized spacial score (nSPS) is 21.7. The van der Waals surface area contributed by atoms with Gasteiger partial charge in [0.1, 0.15) is 17.0 Å². The standard InChI is InChI=1S/C24H30N2O2/c1-23(2,3)28-22-21(18-12-8-6-9-13-18)25(19-14-10-7-11-15-19)16-20-17-27-24(4,5)26(20)22/h6-15,20H,16-17H2,1-5H3. The predicted molar refractivity (Wildman–Crippen MR) is 114 cm³/mol. The largest absolute Gasteiger partial charge is 0.472 e. The van der Waals surface area contributed by atoms with Crippen LogP contribution >= 0.6 is 0 Å². The van der Waals surface area contributed by atoms with Crippen LogP contribution in [0.3, 0.4) is 0 Å². The minimum atomic E-state index is -0.409. The highest BCUT2D eigenvalue weighted by Crippen LogP contribution is 2.43. The molecule has 1 unspecified atom stereocenters. The van der Waals surface area contributed by atoms with Crippen LogP contribution in [0.25, 0.3) is 5.70 Å². The van der Waals surface area contributed by atoms with Crippen LogP contribution in [0.4, 0.5) is 5.69 Å². The molecule has 28 heavy (non-hydrogen) atoms. The van der Waals surface area contributed by atoms with Gasteiger partial charge in [0, 0.05) is 17.8 Å². The zero-order valence-corrected chi connectivity index (χ0v) is 17.5. The van der Waals surface area contributed by atoms with E-state index in [-0.39, 0.29) is 11.6 Å². The highest BCUT2D eigenvalue weighted by Gasteiger charge is 2.49. The van der Waals surface area contributed by atoms with Gasteiger partial charge >= 0.3 is 0 Å². The fourth-order valence-electron chi connectivity index (χ4n) is 4.07. The molecule has 2 aliphatic heterocycles. The molecule has 0 aliphatic carbocycles. The molecule has 1 atom stereocenters. The van der Waals surface area contributed by atoms with E-state index in [0.29, 0.717) is 6.61 Å². The summed E-state index contributed by atoms with van der Waals surface area (Å²) < 4.78 is 12.8. The highest BCUT2D eigenvalue weighted by atomic mass is 16.6. The van der Waals surface area contributed by atoms with Crippen LogP contribution < -0.4 is 4.90 Å². The fourth-order valence-corrected chi connectivity index (χ4v) is 4.07. The van der Waals surface area contributed by atoms with E-state index in [0.717, 1.165) is 23.7 Å². The van der Waals surface area contributed by atoms with Crippen molar-refractivity contribution in [3.8, 4) is 0 Å². The molecule has 0 bridgehead atoms. The van der Waals surface area contributed by atoms with Gasteiger partial charge in [0.25, 0.3) is 0 Å². The second-order valence-electron chi connectivity index (χ2n) is 8.96. The monoisotopic (exact) mass is 378 g/mol. The lowest BCUT2D eigenvalue weighted by molar-refractivity contribution is -0.0883. The molecule has 2 heterocycles. The summed E-state index contributed by atoms with van der Waals surface area (Å²) in [5.41, 5.74) is 2.68. The number of para-hydroxylation sites is 1. The Morgan fingerprint density at radius 3 is 2.18 bits per heavy atom. The summed E-state index contributed by atoms with van der Waals surface area (Å²) in [4.78, 5) is 4.71. The molecule has 4 nitrogen and oxygen atoms in total. The third kappa shape index (κ3) is 3.49. The topological polar surface area (TPSA) is 24.9 Å². The van der Waals surface area contributed by atoms with E-state index in [1.807, 2.05) is 0 Å². The first-order chi connectivity index (χ1) is 13.3. The van der Waals surface area contributed by atoms with E-state index in [1.165, 1.54) is 5.69 Å². The second kappa shape index (κ2) is 6.85. The molecule has 0 amide bonds. The minimum absolute atomic E-state index is 0.236. The van der Waals surface area contributed by atoms with Gasteiger partial charge in [-0.05, 0) is 46.8 Å². The number of benzene rings is 2. The fraction of sp³-hybridized carbons (Fsp3) is 0.417. The Labute approximate surface area is 168 Å². The molecule has 4 heteroatoms. The van der Waals surface area contributed by atoms with Crippen LogP contribution in [0, 0.1) is 0 Å². The lowest BCUT2D eigenvalue weighted by Crippen LogP contribution is -2.53. The Morgan fingerprint density at radius 2 is 1.57 bits per heavy atom. The van der Waals surface area contributed by atoms with Crippen molar-refractivity contribution in [2.75, 3.05) is 18.1 Å². The summed E-state index contributed by atoms with van der Waals surface area (Å²) in [6.07, 6.45) is 0. The number of nitrogens with zero attached hydrogens (tertiary/aromatic N) is 2. The number of hydrogen-bond acceptors (Lipinski definition) is 4. The number of anilines is 1. The first-order valence-corrected chi connectivity index (χ1v) is 10.0. The van der Waals surface area contributed by atoms with Crippen molar-refractivity contribution in [3.63, 3.8) is 0 Å². The Balaban J connectivity index is 1.95. The maximum absolute atomic E-state index is 6.63. The van der Waals surface area contributed by atoms with Gasteiger partial charge < -0.3 is 19.3 Å². The van der Waals surface area contributed by atoms with Crippen LogP contribution in [0.15, 0.2) is 66.5 Å². The molecular formula is C24H30N2O2. The lowest BCUT2D eigenvalue weighted by Gasteiger charge is -2.47. The van der Waals surface area contributed by atoms with Crippen LogP contribution in [0.5, 0.6) is 0 Å². The van der Waals surface area contributed by atoms with Crippen LogP contribution in [0.2, 0.25) is 0 Å². The predicted octanol–water partition coefficient (Wildman–Crippen LogP) is 5.08. The number of rotatable bonds is 3.